The lowest BCUT2D eigenvalue weighted by molar-refractivity contribution is 0.0311. The van der Waals surface area contributed by atoms with Crippen molar-refractivity contribution in [2.24, 2.45) is 0 Å². The number of rotatable bonds is 2. The van der Waals surface area contributed by atoms with Gasteiger partial charge in [-0.1, -0.05) is 18.2 Å². The smallest absolute Gasteiger partial charge is 0.160 e. The van der Waals surface area contributed by atoms with Gasteiger partial charge in [-0.25, -0.2) is 4.39 Å². The Labute approximate surface area is 84.8 Å². The van der Waals surface area contributed by atoms with E-state index in [1.54, 1.807) is 12.2 Å². The SMILES string of the molecule is FC1C(I)=CC=CC1OC1CC1. The Balaban J connectivity index is 1.97. The molecule has 0 aliphatic heterocycles. The summed E-state index contributed by atoms with van der Waals surface area (Å²) < 4.78 is 19.6. The number of halogens is 2. The molecule has 1 nitrogen and oxygen atoms in total. The van der Waals surface area contributed by atoms with Crippen LogP contribution in [0.1, 0.15) is 12.8 Å². The molecule has 0 amide bonds. The summed E-state index contributed by atoms with van der Waals surface area (Å²) in [4.78, 5) is 0. The maximum Gasteiger partial charge on any atom is 0.160 e. The quantitative estimate of drug-likeness (QED) is 0.707. The summed E-state index contributed by atoms with van der Waals surface area (Å²) >= 11 is 2.02. The monoisotopic (exact) mass is 280 g/mol. The Morgan fingerprint density at radius 1 is 1.50 bits per heavy atom. The van der Waals surface area contributed by atoms with E-state index >= 15 is 0 Å². The van der Waals surface area contributed by atoms with Crippen LogP contribution in [0.3, 0.4) is 0 Å². The third kappa shape index (κ3) is 1.88. The van der Waals surface area contributed by atoms with E-state index in [0.29, 0.717) is 6.10 Å². The van der Waals surface area contributed by atoms with E-state index in [-0.39, 0.29) is 6.10 Å². The summed E-state index contributed by atoms with van der Waals surface area (Å²) in [5, 5.41) is 0. The average molecular weight is 280 g/mol. The first kappa shape index (κ1) is 8.69. The Morgan fingerprint density at radius 2 is 2.25 bits per heavy atom. The van der Waals surface area contributed by atoms with Gasteiger partial charge < -0.3 is 4.74 Å². The molecule has 0 spiro atoms. The summed E-state index contributed by atoms with van der Waals surface area (Å²) in [6.45, 7) is 0. The molecular formula is C9H10FIO. The Bertz CT molecular complexity index is 233. The summed E-state index contributed by atoms with van der Waals surface area (Å²) in [6.07, 6.45) is 6.67. The molecule has 0 aromatic carbocycles. The topological polar surface area (TPSA) is 9.23 Å². The van der Waals surface area contributed by atoms with Gasteiger partial charge >= 0.3 is 0 Å². The molecule has 0 aromatic heterocycles. The zero-order chi connectivity index (χ0) is 8.55. The van der Waals surface area contributed by atoms with Gasteiger partial charge in [0.1, 0.15) is 6.10 Å². The number of allylic oxidation sites excluding steroid dienone is 2. The molecule has 0 aromatic rings. The van der Waals surface area contributed by atoms with Crippen LogP contribution < -0.4 is 0 Å². The second-order valence-corrected chi connectivity index (χ2v) is 4.38. The molecular weight excluding hydrogens is 270 g/mol. The minimum Gasteiger partial charge on any atom is -0.367 e. The molecule has 12 heavy (non-hydrogen) atoms. The first-order valence-corrected chi connectivity index (χ1v) is 5.18. The van der Waals surface area contributed by atoms with Gasteiger partial charge in [0.2, 0.25) is 0 Å². The lowest BCUT2D eigenvalue weighted by Crippen LogP contribution is -2.26. The highest BCUT2D eigenvalue weighted by Crippen LogP contribution is 2.31. The van der Waals surface area contributed by atoms with E-state index in [9.17, 15) is 4.39 Å². The molecule has 2 unspecified atom stereocenters. The summed E-state index contributed by atoms with van der Waals surface area (Å²) in [5.41, 5.74) is 0. The Morgan fingerprint density at radius 3 is 2.92 bits per heavy atom. The highest BCUT2D eigenvalue weighted by Gasteiger charge is 2.31. The van der Waals surface area contributed by atoms with Crippen LogP contribution in [-0.2, 0) is 4.74 Å². The van der Waals surface area contributed by atoms with Crippen LogP contribution in [-0.4, -0.2) is 18.4 Å². The van der Waals surface area contributed by atoms with Gasteiger partial charge in [-0.15, -0.1) is 0 Å². The fourth-order valence-corrected chi connectivity index (χ4v) is 1.71. The first-order chi connectivity index (χ1) is 5.77. The third-order valence-corrected chi connectivity index (χ3v) is 2.94. The number of hydrogen-bond acceptors (Lipinski definition) is 1. The van der Waals surface area contributed by atoms with Crippen LogP contribution in [0, 0.1) is 0 Å². The van der Waals surface area contributed by atoms with E-state index in [0.717, 1.165) is 16.4 Å². The van der Waals surface area contributed by atoms with Crippen LogP contribution in [0.25, 0.3) is 0 Å². The zero-order valence-electron chi connectivity index (χ0n) is 6.54. The fraction of sp³-hybridized carbons (Fsp3) is 0.556. The third-order valence-electron chi connectivity index (χ3n) is 1.98. The van der Waals surface area contributed by atoms with E-state index in [4.69, 9.17) is 4.74 Å². The molecule has 0 saturated heterocycles. The molecule has 0 bridgehead atoms. The standard InChI is InChI=1S/C9H10FIO/c10-9-7(11)2-1-3-8(9)12-6-4-5-6/h1-3,6,8-9H,4-5H2. The van der Waals surface area contributed by atoms with Crippen molar-refractivity contribution in [1.82, 2.24) is 0 Å². The Hall–Kier alpha value is 0.100. The van der Waals surface area contributed by atoms with Crippen molar-refractivity contribution >= 4 is 22.6 Å². The molecule has 0 heterocycles. The normalized spacial score (nSPS) is 35.0. The predicted octanol–water partition coefficient (Wildman–Crippen LogP) is 2.76. The van der Waals surface area contributed by atoms with Crippen LogP contribution in [0.2, 0.25) is 0 Å². The molecule has 2 aliphatic rings. The van der Waals surface area contributed by atoms with Crippen LogP contribution >= 0.6 is 22.6 Å². The molecule has 2 rings (SSSR count). The Kier molecular flexibility index (Phi) is 2.50. The fourth-order valence-electron chi connectivity index (χ4n) is 1.14. The van der Waals surface area contributed by atoms with E-state index < -0.39 is 6.17 Å². The molecule has 0 N–H and O–H groups in total. The molecule has 2 aliphatic carbocycles. The van der Waals surface area contributed by atoms with Crippen LogP contribution in [0.5, 0.6) is 0 Å². The highest BCUT2D eigenvalue weighted by molar-refractivity contribution is 14.1. The van der Waals surface area contributed by atoms with Crippen molar-refractivity contribution in [2.45, 2.75) is 31.2 Å². The molecule has 1 saturated carbocycles. The van der Waals surface area contributed by atoms with Crippen molar-refractivity contribution in [2.75, 3.05) is 0 Å². The molecule has 0 radical (unpaired) electrons. The largest absolute Gasteiger partial charge is 0.367 e. The summed E-state index contributed by atoms with van der Waals surface area (Å²) in [7, 11) is 0. The first-order valence-electron chi connectivity index (χ1n) is 4.11. The van der Waals surface area contributed by atoms with Gasteiger partial charge in [-0.05, 0) is 35.4 Å². The van der Waals surface area contributed by atoms with Gasteiger partial charge in [0.05, 0.1) is 6.10 Å². The van der Waals surface area contributed by atoms with Crippen molar-refractivity contribution in [1.29, 1.82) is 0 Å². The maximum atomic E-state index is 13.4. The van der Waals surface area contributed by atoms with Crippen molar-refractivity contribution < 1.29 is 9.13 Å². The molecule has 66 valence electrons. The lowest BCUT2D eigenvalue weighted by atomic mass is 10.1. The van der Waals surface area contributed by atoms with Crippen molar-refractivity contribution in [3.05, 3.63) is 21.8 Å². The molecule has 1 fully saturated rings. The van der Waals surface area contributed by atoms with Gasteiger partial charge in [0.25, 0.3) is 0 Å². The lowest BCUT2D eigenvalue weighted by Gasteiger charge is -2.20. The average Bonchev–Trinajstić information content (AvgIpc) is 2.83. The van der Waals surface area contributed by atoms with Gasteiger partial charge in [-0.3, -0.25) is 0 Å². The van der Waals surface area contributed by atoms with Gasteiger partial charge in [0.15, 0.2) is 6.17 Å². The minimum absolute atomic E-state index is 0.320. The number of hydrogen-bond donors (Lipinski definition) is 0. The van der Waals surface area contributed by atoms with E-state index in [1.165, 1.54) is 0 Å². The van der Waals surface area contributed by atoms with Gasteiger partial charge in [-0.2, -0.15) is 0 Å². The minimum atomic E-state index is -0.948. The number of alkyl halides is 1. The predicted molar refractivity (Wildman–Crippen MR) is 54.0 cm³/mol. The van der Waals surface area contributed by atoms with Crippen molar-refractivity contribution in [3.8, 4) is 0 Å². The molecule has 3 heteroatoms. The highest BCUT2D eigenvalue weighted by atomic mass is 127. The number of ether oxygens (including phenoxy) is 1. The summed E-state index contributed by atoms with van der Waals surface area (Å²) in [5.74, 6) is 0. The van der Waals surface area contributed by atoms with E-state index in [1.807, 2.05) is 28.7 Å². The molecule has 2 atom stereocenters. The van der Waals surface area contributed by atoms with Crippen LogP contribution in [0.15, 0.2) is 21.8 Å². The zero-order valence-corrected chi connectivity index (χ0v) is 8.70. The second-order valence-electron chi connectivity index (χ2n) is 3.14. The second kappa shape index (κ2) is 3.46. The van der Waals surface area contributed by atoms with E-state index in [2.05, 4.69) is 0 Å². The summed E-state index contributed by atoms with van der Waals surface area (Å²) in [6, 6.07) is 0. The van der Waals surface area contributed by atoms with Crippen LogP contribution in [0.4, 0.5) is 4.39 Å². The van der Waals surface area contributed by atoms with Gasteiger partial charge in [0, 0.05) is 3.58 Å². The van der Waals surface area contributed by atoms with Crippen molar-refractivity contribution in [3.63, 3.8) is 0 Å². The maximum absolute atomic E-state index is 13.4.